The molecule has 0 radical (unpaired) electrons. The molecule has 0 aliphatic carbocycles. The lowest BCUT2D eigenvalue weighted by Crippen LogP contribution is -2.38. The molecule has 1 aliphatic heterocycles. The van der Waals surface area contributed by atoms with E-state index in [-0.39, 0.29) is 18.1 Å². The van der Waals surface area contributed by atoms with Gasteiger partial charge in [0.05, 0.1) is 12.2 Å². The van der Waals surface area contributed by atoms with Crippen molar-refractivity contribution in [1.29, 1.82) is 0 Å². The number of amides is 1. The molecule has 1 fully saturated rings. The van der Waals surface area contributed by atoms with Crippen LogP contribution < -0.4 is 11.3 Å². The van der Waals surface area contributed by atoms with Crippen molar-refractivity contribution in [2.24, 2.45) is 18.8 Å². The van der Waals surface area contributed by atoms with E-state index >= 15 is 0 Å². The number of hydrogen-bond donors (Lipinski definition) is 2. The maximum Gasteiger partial charge on any atom is 0.410 e. The molecular weight excluding hydrogens is 270 g/mol. The number of aromatic nitrogens is 2. The number of aryl methyl sites for hydroxylation is 1. The molecule has 2 heterocycles. The summed E-state index contributed by atoms with van der Waals surface area (Å²) in [5, 5.41) is 4.18. The van der Waals surface area contributed by atoms with Crippen molar-refractivity contribution in [1.82, 2.24) is 20.1 Å². The number of carbonyl (C=O) groups is 1. The molecule has 3 N–H and O–H groups in total. The zero-order chi connectivity index (χ0) is 15.6. The average molecular weight is 295 g/mol. The predicted octanol–water partition coefficient (Wildman–Crippen LogP) is 1.18. The second kappa shape index (κ2) is 6.03. The fourth-order valence-corrected chi connectivity index (χ4v) is 2.66. The smallest absolute Gasteiger partial charge is 0.410 e. The van der Waals surface area contributed by atoms with Gasteiger partial charge in [-0.3, -0.25) is 16.0 Å². The Bertz CT molecular complexity index is 494. The summed E-state index contributed by atoms with van der Waals surface area (Å²) in [5.74, 6) is 5.95. The van der Waals surface area contributed by atoms with Crippen LogP contribution in [0.2, 0.25) is 0 Å². The fraction of sp³-hybridized carbons (Fsp3) is 0.714. The average Bonchev–Trinajstić information content (AvgIpc) is 2.98. The van der Waals surface area contributed by atoms with Crippen LogP contribution in [0.4, 0.5) is 4.79 Å². The number of carbonyl (C=O) groups excluding carboxylic acids is 1. The molecule has 2 rings (SSSR count). The summed E-state index contributed by atoms with van der Waals surface area (Å²) in [7, 11) is 1.87. The number of likely N-dealkylation sites (tertiary alicyclic amines) is 1. The number of nitrogens with two attached hydrogens (primary N) is 1. The molecule has 1 aliphatic rings. The summed E-state index contributed by atoms with van der Waals surface area (Å²) in [5.41, 5.74) is 3.42. The highest BCUT2D eigenvalue weighted by molar-refractivity contribution is 5.68. The molecule has 7 nitrogen and oxygen atoms in total. The van der Waals surface area contributed by atoms with Crippen molar-refractivity contribution in [3.63, 3.8) is 0 Å². The van der Waals surface area contributed by atoms with E-state index in [1.807, 2.05) is 34.0 Å². The van der Waals surface area contributed by atoms with E-state index < -0.39 is 5.60 Å². The van der Waals surface area contributed by atoms with E-state index in [1.54, 1.807) is 15.8 Å². The summed E-state index contributed by atoms with van der Waals surface area (Å²) in [6, 6.07) is -0.00821. The molecule has 118 valence electrons. The summed E-state index contributed by atoms with van der Waals surface area (Å²) in [4.78, 5) is 13.8. The molecule has 2 atom stereocenters. The maximum atomic E-state index is 12.1. The lowest BCUT2D eigenvalue weighted by atomic mass is 9.95. The molecule has 1 amide bonds. The Morgan fingerprint density at radius 1 is 1.57 bits per heavy atom. The molecule has 1 aromatic heterocycles. The minimum atomic E-state index is -0.468. The van der Waals surface area contributed by atoms with Gasteiger partial charge in [-0.25, -0.2) is 4.79 Å². The number of ether oxygens (including phenoxy) is 1. The number of rotatable bonds is 3. The van der Waals surface area contributed by atoms with Gasteiger partial charge in [-0.1, -0.05) is 0 Å². The lowest BCUT2D eigenvalue weighted by molar-refractivity contribution is 0.0285. The first-order chi connectivity index (χ1) is 9.80. The molecule has 0 aromatic carbocycles. The van der Waals surface area contributed by atoms with Crippen molar-refractivity contribution in [3.8, 4) is 0 Å². The van der Waals surface area contributed by atoms with Gasteiger partial charge in [-0.2, -0.15) is 5.10 Å². The van der Waals surface area contributed by atoms with Crippen LogP contribution in [0, 0.1) is 5.92 Å². The SMILES string of the molecule is Cn1cc(C(NN)C2CCN(C(=O)OC(C)(C)C)C2)cn1. The molecule has 7 heteroatoms. The van der Waals surface area contributed by atoms with Crippen LogP contribution in [-0.2, 0) is 11.8 Å². The summed E-state index contributed by atoms with van der Waals surface area (Å²) in [6.07, 6.45) is 4.39. The maximum absolute atomic E-state index is 12.1. The monoisotopic (exact) mass is 295 g/mol. The van der Waals surface area contributed by atoms with E-state index in [4.69, 9.17) is 10.6 Å². The first-order valence-corrected chi connectivity index (χ1v) is 7.23. The van der Waals surface area contributed by atoms with Crippen LogP contribution >= 0.6 is 0 Å². The number of hydrazine groups is 1. The Morgan fingerprint density at radius 2 is 2.29 bits per heavy atom. The van der Waals surface area contributed by atoms with E-state index in [9.17, 15) is 4.79 Å². The second-order valence-electron chi connectivity index (χ2n) is 6.57. The van der Waals surface area contributed by atoms with Crippen LogP contribution in [0.25, 0.3) is 0 Å². The quantitative estimate of drug-likeness (QED) is 0.646. The van der Waals surface area contributed by atoms with Crippen LogP contribution in [0.15, 0.2) is 12.4 Å². The molecule has 0 bridgehead atoms. The Hall–Kier alpha value is -1.60. The molecule has 1 aromatic rings. The van der Waals surface area contributed by atoms with Crippen molar-refractivity contribution >= 4 is 6.09 Å². The van der Waals surface area contributed by atoms with Gasteiger partial charge in [0.15, 0.2) is 0 Å². The number of nitrogens with one attached hydrogen (secondary N) is 1. The third kappa shape index (κ3) is 3.95. The van der Waals surface area contributed by atoms with Gasteiger partial charge in [0, 0.05) is 31.9 Å². The second-order valence-corrected chi connectivity index (χ2v) is 6.57. The molecule has 2 unspecified atom stereocenters. The first kappa shape index (κ1) is 15.8. The van der Waals surface area contributed by atoms with Crippen LogP contribution in [-0.4, -0.2) is 39.5 Å². The normalized spacial score (nSPS) is 20.6. The van der Waals surface area contributed by atoms with E-state index in [0.717, 1.165) is 12.0 Å². The number of hydrogen-bond acceptors (Lipinski definition) is 5. The zero-order valence-electron chi connectivity index (χ0n) is 13.2. The van der Waals surface area contributed by atoms with Gasteiger partial charge in [0.1, 0.15) is 5.60 Å². The minimum absolute atomic E-state index is 0.00821. The van der Waals surface area contributed by atoms with Crippen molar-refractivity contribution in [3.05, 3.63) is 18.0 Å². The molecule has 0 spiro atoms. The first-order valence-electron chi connectivity index (χ1n) is 7.23. The third-order valence-corrected chi connectivity index (χ3v) is 3.61. The topological polar surface area (TPSA) is 85.4 Å². The Morgan fingerprint density at radius 3 is 2.81 bits per heavy atom. The summed E-state index contributed by atoms with van der Waals surface area (Å²) >= 11 is 0. The van der Waals surface area contributed by atoms with Crippen molar-refractivity contribution < 1.29 is 9.53 Å². The van der Waals surface area contributed by atoms with E-state index in [1.165, 1.54) is 0 Å². The molecule has 1 saturated heterocycles. The van der Waals surface area contributed by atoms with Gasteiger partial charge in [0.2, 0.25) is 0 Å². The van der Waals surface area contributed by atoms with E-state index in [2.05, 4.69) is 10.5 Å². The predicted molar refractivity (Wildman–Crippen MR) is 79.2 cm³/mol. The number of nitrogens with zero attached hydrogens (tertiary/aromatic N) is 3. The highest BCUT2D eigenvalue weighted by atomic mass is 16.6. The Balaban J connectivity index is 1.99. The standard InChI is InChI=1S/C14H25N5O2/c1-14(2,3)21-13(20)19-6-5-10(9-19)12(17-15)11-7-16-18(4)8-11/h7-8,10,12,17H,5-6,9,15H2,1-4H3. The van der Waals surface area contributed by atoms with Gasteiger partial charge < -0.3 is 9.64 Å². The van der Waals surface area contributed by atoms with Gasteiger partial charge in [0.25, 0.3) is 0 Å². The Labute approximate surface area is 125 Å². The largest absolute Gasteiger partial charge is 0.444 e. The summed E-state index contributed by atoms with van der Waals surface area (Å²) < 4.78 is 7.16. The molecule has 0 saturated carbocycles. The van der Waals surface area contributed by atoms with Crippen LogP contribution in [0.5, 0.6) is 0 Å². The van der Waals surface area contributed by atoms with Crippen molar-refractivity contribution in [2.45, 2.75) is 38.8 Å². The zero-order valence-corrected chi connectivity index (χ0v) is 13.2. The lowest BCUT2D eigenvalue weighted by Gasteiger charge is -2.25. The van der Waals surface area contributed by atoms with Gasteiger partial charge in [-0.15, -0.1) is 0 Å². The van der Waals surface area contributed by atoms with Crippen LogP contribution in [0.1, 0.15) is 38.8 Å². The summed E-state index contributed by atoms with van der Waals surface area (Å²) in [6.45, 7) is 6.95. The Kier molecular flexibility index (Phi) is 4.53. The fourth-order valence-electron chi connectivity index (χ4n) is 2.66. The van der Waals surface area contributed by atoms with E-state index in [0.29, 0.717) is 13.1 Å². The highest BCUT2D eigenvalue weighted by Crippen LogP contribution is 2.30. The highest BCUT2D eigenvalue weighted by Gasteiger charge is 2.34. The van der Waals surface area contributed by atoms with Crippen molar-refractivity contribution in [2.75, 3.05) is 13.1 Å². The third-order valence-electron chi connectivity index (χ3n) is 3.61. The minimum Gasteiger partial charge on any atom is -0.444 e. The van der Waals surface area contributed by atoms with Crippen LogP contribution in [0.3, 0.4) is 0 Å². The molecule has 21 heavy (non-hydrogen) atoms. The molecular formula is C14H25N5O2. The van der Waals surface area contributed by atoms with Gasteiger partial charge in [-0.05, 0) is 33.1 Å². The van der Waals surface area contributed by atoms with Gasteiger partial charge >= 0.3 is 6.09 Å².